The zero-order valence-corrected chi connectivity index (χ0v) is 21.4. The van der Waals surface area contributed by atoms with Crippen LogP contribution in [0, 0.1) is 11.6 Å². The molecular weight excluding hydrogens is 590 g/mol. The second-order valence-corrected chi connectivity index (χ2v) is 8.82. The van der Waals surface area contributed by atoms with Crippen LogP contribution in [0.2, 0.25) is 0 Å². The van der Waals surface area contributed by atoms with Gasteiger partial charge in [0.2, 0.25) is 0 Å². The Morgan fingerprint density at radius 3 is 1.57 bits per heavy atom. The second kappa shape index (κ2) is 11.8. The van der Waals surface area contributed by atoms with Gasteiger partial charge in [0.25, 0.3) is 0 Å². The van der Waals surface area contributed by atoms with Crippen molar-refractivity contribution < 1.29 is 28.1 Å². The molecule has 0 atom stereocenters. The van der Waals surface area contributed by atoms with Crippen molar-refractivity contribution in [3.05, 3.63) is 93.4 Å². The molecule has 4 rings (SSSR count). The molecule has 6 nitrogen and oxygen atoms in total. The van der Waals surface area contributed by atoms with Gasteiger partial charge in [0, 0.05) is 32.5 Å². The highest BCUT2D eigenvalue weighted by Gasteiger charge is 2.10. The maximum atomic E-state index is 13.6. The normalized spacial score (nSPS) is 10.2. The van der Waals surface area contributed by atoms with Crippen LogP contribution in [0.5, 0.6) is 34.5 Å². The van der Waals surface area contributed by atoms with Crippen LogP contribution in [0.15, 0.2) is 81.7 Å². The first-order valence-electron chi connectivity index (χ1n) is 9.94. The number of rotatable bonds is 5. The highest BCUT2D eigenvalue weighted by atomic mass is 79.9. The van der Waals surface area contributed by atoms with Gasteiger partial charge in [-0.25, -0.2) is 8.78 Å². The summed E-state index contributed by atoms with van der Waals surface area (Å²) in [4.78, 5) is 0. The van der Waals surface area contributed by atoms with E-state index in [-0.39, 0.29) is 23.0 Å². The zero-order chi connectivity index (χ0) is 25.5. The average Bonchev–Trinajstić information content (AvgIpc) is 2.80. The highest BCUT2D eigenvalue weighted by molar-refractivity contribution is 9.10. The third-order valence-electron chi connectivity index (χ3n) is 4.40. The van der Waals surface area contributed by atoms with Crippen LogP contribution in [0.25, 0.3) is 0 Å². The third kappa shape index (κ3) is 7.24. The largest absolute Gasteiger partial charge is 0.504 e. The predicted octanol–water partition coefficient (Wildman–Crippen LogP) is 7.64. The Morgan fingerprint density at radius 1 is 0.629 bits per heavy atom. The number of anilines is 2. The lowest BCUT2D eigenvalue weighted by molar-refractivity contribution is 0.371. The number of aromatic hydroxyl groups is 1. The molecule has 0 saturated carbocycles. The van der Waals surface area contributed by atoms with Crippen LogP contribution >= 0.6 is 31.9 Å². The Bertz CT molecular complexity index is 1290. The third-order valence-corrected chi connectivity index (χ3v) is 5.38. The smallest absolute Gasteiger partial charge is 0.169 e. The average molecular weight is 610 g/mol. The van der Waals surface area contributed by atoms with Crippen molar-refractivity contribution in [1.29, 1.82) is 0 Å². The van der Waals surface area contributed by atoms with Gasteiger partial charge in [-0.05, 0) is 60.7 Å². The van der Waals surface area contributed by atoms with Crippen molar-refractivity contribution in [2.24, 2.45) is 0 Å². The molecule has 35 heavy (non-hydrogen) atoms. The number of phenols is 1. The number of nitrogen functional groups attached to an aromatic ring is 2. The molecule has 0 aliphatic rings. The summed E-state index contributed by atoms with van der Waals surface area (Å²) in [5.74, 6) is 0.0754. The fourth-order valence-electron chi connectivity index (χ4n) is 2.74. The number of halogens is 4. The number of hydrogen-bond acceptors (Lipinski definition) is 6. The lowest BCUT2D eigenvalue weighted by atomic mass is 10.3. The molecule has 4 aromatic rings. The number of nitrogens with two attached hydrogens (primary N) is 2. The van der Waals surface area contributed by atoms with Crippen LogP contribution in [-0.2, 0) is 0 Å². The Balaban J connectivity index is 0.000000196. The lowest BCUT2D eigenvalue weighted by Gasteiger charge is -2.11. The molecule has 4 aromatic carbocycles. The fraction of sp³-hybridized carbons (Fsp3) is 0.0400. The second-order valence-electron chi connectivity index (χ2n) is 6.99. The summed E-state index contributed by atoms with van der Waals surface area (Å²) in [5, 5.41) is 9.60. The predicted molar refractivity (Wildman–Crippen MR) is 138 cm³/mol. The van der Waals surface area contributed by atoms with E-state index in [4.69, 9.17) is 25.7 Å². The van der Waals surface area contributed by atoms with E-state index < -0.39 is 11.6 Å². The molecule has 0 fully saturated rings. The molecule has 0 amide bonds. The van der Waals surface area contributed by atoms with Crippen molar-refractivity contribution in [2.75, 3.05) is 18.6 Å². The van der Waals surface area contributed by atoms with Crippen LogP contribution in [-0.4, -0.2) is 12.2 Å². The number of hydrogen-bond donors (Lipinski definition) is 3. The fourth-order valence-corrected chi connectivity index (χ4v) is 3.43. The van der Waals surface area contributed by atoms with E-state index in [9.17, 15) is 13.9 Å². The molecule has 0 radical (unpaired) electrons. The quantitative estimate of drug-likeness (QED) is 0.201. The van der Waals surface area contributed by atoms with Crippen molar-refractivity contribution in [1.82, 2.24) is 0 Å². The first-order chi connectivity index (χ1) is 16.7. The molecule has 0 aliphatic carbocycles. The maximum Gasteiger partial charge on any atom is 0.169 e. The van der Waals surface area contributed by atoms with Gasteiger partial charge in [-0.3, -0.25) is 0 Å². The van der Waals surface area contributed by atoms with E-state index in [2.05, 4.69) is 31.9 Å². The Labute approximate surface area is 217 Å². The van der Waals surface area contributed by atoms with Crippen LogP contribution in [0.3, 0.4) is 0 Å². The number of phenolic OH excluding ortho intramolecular Hbond substituents is 1. The van der Waals surface area contributed by atoms with E-state index in [0.29, 0.717) is 27.3 Å². The summed E-state index contributed by atoms with van der Waals surface area (Å²) in [7, 11) is 1.52. The van der Waals surface area contributed by atoms with Crippen molar-refractivity contribution >= 4 is 43.2 Å². The van der Waals surface area contributed by atoms with E-state index in [1.54, 1.807) is 30.3 Å². The van der Waals surface area contributed by atoms with E-state index in [1.807, 2.05) is 0 Å². The Hall–Kier alpha value is -3.50. The van der Waals surface area contributed by atoms with Gasteiger partial charge in [0.1, 0.15) is 0 Å². The molecule has 0 aliphatic heterocycles. The topological polar surface area (TPSA) is 100.0 Å². The molecule has 0 unspecified atom stereocenters. The van der Waals surface area contributed by atoms with Crippen molar-refractivity contribution in [3.63, 3.8) is 0 Å². The minimum atomic E-state index is -0.577. The highest BCUT2D eigenvalue weighted by Crippen LogP contribution is 2.36. The molecule has 0 aromatic heterocycles. The number of benzene rings is 4. The van der Waals surface area contributed by atoms with Gasteiger partial charge >= 0.3 is 0 Å². The van der Waals surface area contributed by atoms with Gasteiger partial charge in [-0.2, -0.15) is 0 Å². The van der Waals surface area contributed by atoms with Crippen LogP contribution < -0.4 is 25.7 Å². The Morgan fingerprint density at radius 2 is 1.09 bits per heavy atom. The van der Waals surface area contributed by atoms with Crippen molar-refractivity contribution in [3.8, 4) is 34.5 Å². The molecule has 0 spiro atoms. The van der Waals surface area contributed by atoms with E-state index in [0.717, 1.165) is 10.5 Å². The number of ether oxygens (including phenoxy) is 3. The molecular formula is C25H20Br2F2N2O4. The van der Waals surface area contributed by atoms with E-state index >= 15 is 0 Å². The zero-order valence-electron chi connectivity index (χ0n) is 18.3. The first kappa shape index (κ1) is 26.1. The minimum absolute atomic E-state index is 0.0109. The molecule has 5 N–H and O–H groups in total. The van der Waals surface area contributed by atoms with Gasteiger partial charge in [0.05, 0.1) is 7.11 Å². The SMILES string of the molecule is COc1cc(Br)ccc1Oc1ccc(N)cc1F.Nc1ccc(Oc2ccc(Br)cc2O)c(F)c1. The molecule has 0 saturated heterocycles. The Kier molecular flexibility index (Phi) is 8.78. The van der Waals surface area contributed by atoms with Gasteiger partial charge in [-0.1, -0.05) is 31.9 Å². The molecule has 0 heterocycles. The molecule has 182 valence electrons. The summed E-state index contributed by atoms with van der Waals surface area (Å²) < 4.78 is 44.5. The van der Waals surface area contributed by atoms with E-state index in [1.165, 1.54) is 43.5 Å². The summed E-state index contributed by atoms with van der Waals surface area (Å²) in [6.45, 7) is 0. The standard InChI is InChI=1S/C13H11BrFNO2.C12H9BrFNO2/c1-17-13-6-8(14)2-4-12(13)18-11-5-3-9(16)7-10(11)15;13-7-1-3-12(10(16)5-7)17-11-4-2-8(15)6-9(11)14/h2-7H,16H2,1H3;1-6,16H,15H2. The van der Waals surface area contributed by atoms with Crippen molar-refractivity contribution in [2.45, 2.75) is 0 Å². The summed E-state index contributed by atoms with van der Waals surface area (Å²) in [5.41, 5.74) is 11.6. The summed E-state index contributed by atoms with van der Waals surface area (Å²) in [6, 6.07) is 18.3. The maximum absolute atomic E-state index is 13.6. The number of methoxy groups -OCH3 is 1. The molecule has 0 bridgehead atoms. The van der Waals surface area contributed by atoms with Crippen LogP contribution in [0.1, 0.15) is 0 Å². The monoisotopic (exact) mass is 608 g/mol. The van der Waals surface area contributed by atoms with Gasteiger partial charge in [0.15, 0.2) is 46.1 Å². The summed E-state index contributed by atoms with van der Waals surface area (Å²) >= 11 is 6.52. The van der Waals surface area contributed by atoms with Crippen LogP contribution in [0.4, 0.5) is 20.2 Å². The lowest BCUT2D eigenvalue weighted by Crippen LogP contribution is -1.93. The first-order valence-corrected chi connectivity index (χ1v) is 11.5. The molecule has 10 heteroatoms. The summed E-state index contributed by atoms with van der Waals surface area (Å²) in [6.07, 6.45) is 0. The minimum Gasteiger partial charge on any atom is -0.504 e. The van der Waals surface area contributed by atoms with Gasteiger partial charge < -0.3 is 30.8 Å². The van der Waals surface area contributed by atoms with Gasteiger partial charge in [-0.15, -0.1) is 0 Å².